The van der Waals surface area contributed by atoms with Crippen molar-refractivity contribution in [3.05, 3.63) is 29.3 Å². The molecule has 1 atom stereocenters. The number of amides is 1. The summed E-state index contributed by atoms with van der Waals surface area (Å²) in [5, 5.41) is 11.3. The Morgan fingerprint density at radius 2 is 1.89 bits per heavy atom. The molecule has 0 aromatic heterocycles. The zero-order valence-electron chi connectivity index (χ0n) is 10.7. The second-order valence-electron chi connectivity index (χ2n) is 4.11. The van der Waals surface area contributed by atoms with E-state index in [4.69, 9.17) is 9.84 Å². The second-order valence-corrected chi connectivity index (χ2v) is 4.11. The summed E-state index contributed by atoms with van der Waals surface area (Å²) in [7, 11) is 0. The van der Waals surface area contributed by atoms with Crippen molar-refractivity contribution in [1.29, 1.82) is 0 Å². The summed E-state index contributed by atoms with van der Waals surface area (Å²) >= 11 is 0. The molecule has 18 heavy (non-hydrogen) atoms. The molecule has 1 amide bonds. The predicted octanol–water partition coefficient (Wildman–Crippen LogP) is 1.73. The first-order chi connectivity index (χ1) is 8.41. The first-order valence-electron chi connectivity index (χ1n) is 5.62. The summed E-state index contributed by atoms with van der Waals surface area (Å²) in [6.07, 6.45) is -0.992. The van der Waals surface area contributed by atoms with Gasteiger partial charge >= 0.3 is 5.97 Å². The molecule has 0 saturated heterocycles. The molecule has 1 unspecified atom stereocenters. The molecule has 0 aliphatic carbocycles. The van der Waals surface area contributed by atoms with Gasteiger partial charge in [-0.3, -0.25) is 4.79 Å². The fourth-order valence-electron chi connectivity index (χ4n) is 1.46. The third-order valence-electron chi connectivity index (χ3n) is 2.56. The molecular weight excluding hydrogens is 234 g/mol. The van der Waals surface area contributed by atoms with Gasteiger partial charge in [0.25, 0.3) is 0 Å². The van der Waals surface area contributed by atoms with Crippen LogP contribution in [-0.4, -0.2) is 29.7 Å². The van der Waals surface area contributed by atoms with E-state index in [1.54, 1.807) is 0 Å². The molecule has 0 bridgehead atoms. The van der Waals surface area contributed by atoms with E-state index in [0.29, 0.717) is 0 Å². The van der Waals surface area contributed by atoms with Crippen molar-refractivity contribution in [2.75, 3.05) is 11.9 Å². The van der Waals surface area contributed by atoms with Crippen molar-refractivity contribution in [3.63, 3.8) is 0 Å². The molecule has 1 aromatic carbocycles. The Hall–Kier alpha value is -1.88. The van der Waals surface area contributed by atoms with Crippen molar-refractivity contribution in [3.8, 4) is 0 Å². The van der Waals surface area contributed by atoms with Crippen molar-refractivity contribution in [2.24, 2.45) is 0 Å². The average molecular weight is 251 g/mol. The first kappa shape index (κ1) is 14.2. The smallest absolute Gasteiger partial charge is 0.332 e. The lowest BCUT2D eigenvalue weighted by molar-refractivity contribution is -0.150. The standard InChI is InChI=1S/C13H17NO4/c1-8-5-4-6-9(2)12(8)14-11(15)7-18-10(3)13(16)17/h4-6,10H,7H2,1-3H3,(H,14,15)(H,16,17). The number of aliphatic carboxylic acids is 1. The molecular formula is C13H17NO4. The molecule has 1 rings (SSSR count). The minimum atomic E-state index is -1.09. The van der Waals surface area contributed by atoms with E-state index in [1.165, 1.54) is 6.92 Å². The summed E-state index contributed by atoms with van der Waals surface area (Å²) in [6, 6.07) is 5.69. The largest absolute Gasteiger partial charge is 0.479 e. The number of carbonyl (C=O) groups is 2. The summed E-state index contributed by atoms with van der Waals surface area (Å²) in [6.45, 7) is 4.89. The van der Waals surface area contributed by atoms with Crippen LogP contribution in [0, 0.1) is 13.8 Å². The van der Waals surface area contributed by atoms with Gasteiger partial charge in [0.2, 0.25) is 5.91 Å². The third kappa shape index (κ3) is 3.85. The zero-order valence-corrected chi connectivity index (χ0v) is 10.7. The van der Waals surface area contributed by atoms with Crippen LogP contribution >= 0.6 is 0 Å². The highest BCUT2D eigenvalue weighted by atomic mass is 16.5. The van der Waals surface area contributed by atoms with Gasteiger partial charge in [0.1, 0.15) is 6.61 Å². The van der Waals surface area contributed by atoms with Crippen LogP contribution < -0.4 is 5.32 Å². The zero-order chi connectivity index (χ0) is 13.7. The Morgan fingerprint density at radius 1 is 1.33 bits per heavy atom. The SMILES string of the molecule is Cc1cccc(C)c1NC(=O)COC(C)C(=O)O. The molecule has 5 heteroatoms. The number of ether oxygens (including phenoxy) is 1. The van der Waals surface area contributed by atoms with E-state index in [1.807, 2.05) is 32.0 Å². The predicted molar refractivity (Wildman–Crippen MR) is 67.6 cm³/mol. The van der Waals surface area contributed by atoms with Gasteiger partial charge in [0.15, 0.2) is 6.10 Å². The summed E-state index contributed by atoms with van der Waals surface area (Å²) in [4.78, 5) is 22.1. The van der Waals surface area contributed by atoms with E-state index in [9.17, 15) is 9.59 Å². The van der Waals surface area contributed by atoms with Crippen LogP contribution in [0.3, 0.4) is 0 Å². The highest BCUT2D eigenvalue weighted by Crippen LogP contribution is 2.19. The van der Waals surface area contributed by atoms with Crippen LogP contribution in [0.25, 0.3) is 0 Å². The summed E-state index contributed by atoms with van der Waals surface area (Å²) in [5.41, 5.74) is 2.65. The van der Waals surface area contributed by atoms with Crippen LogP contribution in [0.15, 0.2) is 18.2 Å². The summed E-state index contributed by atoms with van der Waals surface area (Å²) in [5.74, 6) is -1.45. The van der Waals surface area contributed by atoms with E-state index < -0.39 is 12.1 Å². The maximum absolute atomic E-state index is 11.6. The number of hydrogen-bond donors (Lipinski definition) is 2. The molecule has 0 aliphatic heterocycles. The average Bonchev–Trinajstić information content (AvgIpc) is 2.30. The second kappa shape index (κ2) is 6.16. The number of aryl methyl sites for hydroxylation is 2. The number of para-hydroxylation sites is 1. The lowest BCUT2D eigenvalue weighted by Gasteiger charge is -2.12. The Balaban J connectivity index is 2.58. The molecule has 98 valence electrons. The van der Waals surface area contributed by atoms with Gasteiger partial charge in [-0.05, 0) is 31.9 Å². The number of rotatable bonds is 5. The fourth-order valence-corrected chi connectivity index (χ4v) is 1.46. The number of anilines is 1. The summed E-state index contributed by atoms with van der Waals surface area (Å²) < 4.78 is 4.91. The first-order valence-corrected chi connectivity index (χ1v) is 5.62. The van der Waals surface area contributed by atoms with Gasteiger partial charge in [-0.25, -0.2) is 4.79 Å². The lowest BCUT2D eigenvalue weighted by Crippen LogP contribution is -2.26. The molecule has 0 spiro atoms. The van der Waals surface area contributed by atoms with Gasteiger partial charge in [-0.1, -0.05) is 18.2 Å². The number of hydrogen-bond acceptors (Lipinski definition) is 3. The Kier molecular flexibility index (Phi) is 4.85. The maximum Gasteiger partial charge on any atom is 0.332 e. The molecule has 2 N–H and O–H groups in total. The quantitative estimate of drug-likeness (QED) is 0.835. The monoisotopic (exact) mass is 251 g/mol. The Bertz CT molecular complexity index is 436. The van der Waals surface area contributed by atoms with Crippen molar-refractivity contribution in [1.82, 2.24) is 0 Å². The minimum absolute atomic E-state index is 0.277. The molecule has 0 radical (unpaired) electrons. The van der Waals surface area contributed by atoms with Crippen molar-refractivity contribution in [2.45, 2.75) is 26.9 Å². The van der Waals surface area contributed by atoms with Gasteiger partial charge in [-0.15, -0.1) is 0 Å². The fraction of sp³-hybridized carbons (Fsp3) is 0.385. The van der Waals surface area contributed by atoms with E-state index in [2.05, 4.69) is 5.32 Å². The number of nitrogens with one attached hydrogen (secondary N) is 1. The normalized spacial score (nSPS) is 11.9. The van der Waals surface area contributed by atoms with Crippen LogP contribution in [-0.2, 0) is 14.3 Å². The number of benzene rings is 1. The molecule has 0 aliphatic rings. The van der Waals surface area contributed by atoms with Gasteiger partial charge in [0, 0.05) is 5.69 Å². The van der Waals surface area contributed by atoms with E-state index in [0.717, 1.165) is 16.8 Å². The van der Waals surface area contributed by atoms with E-state index >= 15 is 0 Å². The van der Waals surface area contributed by atoms with Crippen LogP contribution in [0.2, 0.25) is 0 Å². The molecule has 1 aromatic rings. The highest BCUT2D eigenvalue weighted by molar-refractivity contribution is 5.93. The topological polar surface area (TPSA) is 75.6 Å². The lowest BCUT2D eigenvalue weighted by atomic mass is 10.1. The molecule has 0 saturated carbocycles. The highest BCUT2D eigenvalue weighted by Gasteiger charge is 2.14. The van der Waals surface area contributed by atoms with Crippen molar-refractivity contribution < 1.29 is 19.4 Å². The third-order valence-corrected chi connectivity index (χ3v) is 2.56. The maximum atomic E-state index is 11.6. The molecule has 5 nitrogen and oxygen atoms in total. The van der Waals surface area contributed by atoms with Gasteiger partial charge < -0.3 is 15.2 Å². The Morgan fingerprint density at radius 3 is 2.39 bits per heavy atom. The van der Waals surface area contributed by atoms with Gasteiger partial charge in [-0.2, -0.15) is 0 Å². The number of carboxylic acid groups (broad SMARTS) is 1. The van der Waals surface area contributed by atoms with Crippen LogP contribution in [0.4, 0.5) is 5.69 Å². The molecule has 0 fully saturated rings. The van der Waals surface area contributed by atoms with E-state index in [-0.39, 0.29) is 12.5 Å². The minimum Gasteiger partial charge on any atom is -0.479 e. The van der Waals surface area contributed by atoms with Crippen molar-refractivity contribution >= 4 is 17.6 Å². The van der Waals surface area contributed by atoms with Gasteiger partial charge in [0.05, 0.1) is 0 Å². The van der Waals surface area contributed by atoms with Crippen LogP contribution in [0.1, 0.15) is 18.1 Å². The molecule has 0 heterocycles. The van der Waals surface area contributed by atoms with Crippen LogP contribution in [0.5, 0.6) is 0 Å². The Labute approximate surface area is 106 Å². The number of carbonyl (C=O) groups excluding carboxylic acids is 1. The number of carboxylic acids is 1.